The molecule has 4 rings (SSSR count). The number of rotatable bonds is 7. The molecule has 1 amide bonds. The largest absolute Gasteiger partial charge is 0.379 e. The van der Waals surface area contributed by atoms with Crippen molar-refractivity contribution in [3.8, 4) is 0 Å². The van der Waals surface area contributed by atoms with Crippen LogP contribution in [0.3, 0.4) is 0 Å². The first-order valence-electron chi connectivity index (χ1n) is 10.2. The van der Waals surface area contributed by atoms with E-state index in [1.165, 1.54) is 23.5 Å². The molecular weight excluding hydrogens is 466 g/mol. The zero-order chi connectivity index (χ0) is 22.7. The number of amides is 1. The molecule has 1 aliphatic rings. The molecule has 170 valence electrons. The van der Waals surface area contributed by atoms with Crippen molar-refractivity contribution in [2.75, 3.05) is 56.8 Å². The van der Waals surface area contributed by atoms with Crippen LogP contribution in [0.25, 0.3) is 10.2 Å². The number of anilines is 1. The number of thiazole rings is 1. The fourth-order valence-electron chi connectivity index (χ4n) is 3.54. The number of fused-ring (bicyclic) bond motifs is 1. The molecular formula is C22H25N3O4S3. The van der Waals surface area contributed by atoms with Gasteiger partial charge >= 0.3 is 0 Å². The fraction of sp³-hybridized carbons (Fsp3) is 0.364. The van der Waals surface area contributed by atoms with E-state index >= 15 is 0 Å². The zero-order valence-corrected chi connectivity index (χ0v) is 20.4. The average molecular weight is 492 g/mol. The number of benzene rings is 2. The maximum absolute atomic E-state index is 13.5. The molecule has 32 heavy (non-hydrogen) atoms. The summed E-state index contributed by atoms with van der Waals surface area (Å²) in [6.45, 7) is 4.25. The maximum atomic E-state index is 13.5. The second-order valence-electron chi connectivity index (χ2n) is 7.51. The Kier molecular flexibility index (Phi) is 7.16. The first kappa shape index (κ1) is 23.2. The summed E-state index contributed by atoms with van der Waals surface area (Å²) < 4.78 is 30.0. The van der Waals surface area contributed by atoms with E-state index in [0.717, 1.165) is 34.5 Å². The molecule has 0 saturated carbocycles. The Morgan fingerprint density at radius 3 is 2.56 bits per heavy atom. The molecule has 2 heterocycles. The van der Waals surface area contributed by atoms with E-state index in [1.807, 2.05) is 24.5 Å². The van der Waals surface area contributed by atoms with E-state index in [1.54, 1.807) is 28.8 Å². The Hall–Kier alpha value is -1.98. The summed E-state index contributed by atoms with van der Waals surface area (Å²) in [5.41, 5.74) is 1.33. The van der Waals surface area contributed by atoms with Crippen molar-refractivity contribution in [1.29, 1.82) is 0 Å². The van der Waals surface area contributed by atoms with Gasteiger partial charge in [0.2, 0.25) is 0 Å². The SMILES string of the molecule is CSc1cccc2sc(N(CCN3CCOCC3)C(=O)c3ccc(S(C)(=O)=O)cc3)nc12. The molecule has 1 aliphatic heterocycles. The third-order valence-corrected chi connectivity index (χ3v) is 8.28. The lowest BCUT2D eigenvalue weighted by Crippen LogP contribution is -2.43. The van der Waals surface area contributed by atoms with Crippen molar-refractivity contribution < 1.29 is 17.9 Å². The highest BCUT2D eigenvalue weighted by atomic mass is 32.2. The highest BCUT2D eigenvalue weighted by molar-refractivity contribution is 7.98. The van der Waals surface area contributed by atoms with Gasteiger partial charge in [-0.1, -0.05) is 17.4 Å². The van der Waals surface area contributed by atoms with Gasteiger partial charge in [-0.2, -0.15) is 0 Å². The predicted molar refractivity (Wildman–Crippen MR) is 130 cm³/mol. The van der Waals surface area contributed by atoms with Gasteiger partial charge in [-0.25, -0.2) is 13.4 Å². The predicted octanol–water partition coefficient (Wildman–Crippen LogP) is 3.40. The topological polar surface area (TPSA) is 79.8 Å². The third-order valence-electron chi connectivity index (χ3n) is 5.34. The molecule has 0 radical (unpaired) electrons. The van der Waals surface area contributed by atoms with Gasteiger partial charge in [0.1, 0.15) is 0 Å². The number of para-hydroxylation sites is 1. The van der Waals surface area contributed by atoms with Crippen LogP contribution in [0.4, 0.5) is 5.13 Å². The first-order chi connectivity index (χ1) is 15.4. The summed E-state index contributed by atoms with van der Waals surface area (Å²) in [5.74, 6) is -0.192. The molecule has 0 spiro atoms. The number of thioether (sulfide) groups is 1. The molecule has 7 nitrogen and oxygen atoms in total. The molecule has 1 aromatic heterocycles. The fourth-order valence-corrected chi connectivity index (χ4v) is 5.82. The number of hydrogen-bond donors (Lipinski definition) is 0. The first-order valence-corrected chi connectivity index (χ1v) is 14.2. The van der Waals surface area contributed by atoms with Crippen molar-refractivity contribution in [3.05, 3.63) is 48.0 Å². The van der Waals surface area contributed by atoms with Crippen LogP contribution in [-0.2, 0) is 14.6 Å². The van der Waals surface area contributed by atoms with Crippen molar-refractivity contribution in [2.24, 2.45) is 0 Å². The van der Waals surface area contributed by atoms with Crippen LogP contribution in [-0.4, -0.2) is 76.1 Å². The molecule has 2 aromatic carbocycles. The Bertz CT molecular complexity index is 1200. The molecule has 0 bridgehead atoms. The number of sulfone groups is 1. The van der Waals surface area contributed by atoms with E-state index in [4.69, 9.17) is 9.72 Å². The standard InChI is InChI=1S/C22H25N3O4S3/c1-30-18-4-3-5-19-20(18)23-22(31-19)25(11-10-24-12-14-29-15-13-24)21(26)16-6-8-17(9-7-16)32(2,27)28/h3-9H,10-15H2,1-2H3. The summed E-state index contributed by atoms with van der Waals surface area (Å²) in [4.78, 5) is 23.6. The van der Waals surface area contributed by atoms with E-state index in [-0.39, 0.29) is 10.8 Å². The van der Waals surface area contributed by atoms with Crippen LogP contribution in [0.15, 0.2) is 52.3 Å². The number of carbonyl (C=O) groups is 1. The van der Waals surface area contributed by atoms with Crippen molar-refractivity contribution >= 4 is 54.2 Å². The number of ether oxygens (including phenoxy) is 1. The summed E-state index contributed by atoms with van der Waals surface area (Å²) in [6, 6.07) is 12.1. The number of carbonyl (C=O) groups excluding carboxylic acids is 1. The lowest BCUT2D eigenvalue weighted by Gasteiger charge is -2.29. The molecule has 3 aromatic rings. The van der Waals surface area contributed by atoms with Crippen molar-refractivity contribution in [3.63, 3.8) is 0 Å². The lowest BCUT2D eigenvalue weighted by atomic mass is 10.2. The Morgan fingerprint density at radius 1 is 1.19 bits per heavy atom. The number of nitrogens with zero attached hydrogens (tertiary/aromatic N) is 3. The minimum Gasteiger partial charge on any atom is -0.379 e. The van der Waals surface area contributed by atoms with Gasteiger partial charge in [-0.15, -0.1) is 11.8 Å². The van der Waals surface area contributed by atoms with E-state index in [9.17, 15) is 13.2 Å². The quantitative estimate of drug-likeness (QED) is 0.469. The number of hydrogen-bond acceptors (Lipinski definition) is 8. The van der Waals surface area contributed by atoms with Crippen molar-refractivity contribution in [1.82, 2.24) is 9.88 Å². The molecule has 0 aliphatic carbocycles. The summed E-state index contributed by atoms with van der Waals surface area (Å²) in [6.07, 6.45) is 3.17. The van der Waals surface area contributed by atoms with Gasteiger partial charge in [-0.05, 0) is 42.7 Å². The van der Waals surface area contributed by atoms with Gasteiger partial charge < -0.3 is 4.74 Å². The normalized spacial score (nSPS) is 15.2. The Labute approximate surface area is 196 Å². The van der Waals surface area contributed by atoms with Gasteiger partial charge in [0.05, 0.1) is 28.3 Å². The molecule has 0 unspecified atom stereocenters. The summed E-state index contributed by atoms with van der Waals surface area (Å²) in [5, 5.41) is 0.645. The molecule has 0 N–H and O–H groups in total. The molecule has 10 heteroatoms. The maximum Gasteiger partial charge on any atom is 0.260 e. The van der Waals surface area contributed by atoms with Crippen LogP contribution in [0, 0.1) is 0 Å². The Balaban J connectivity index is 1.66. The highest BCUT2D eigenvalue weighted by Gasteiger charge is 2.24. The second kappa shape index (κ2) is 9.88. The molecule has 1 fully saturated rings. The minimum absolute atomic E-state index is 0.192. The number of aromatic nitrogens is 1. The van der Waals surface area contributed by atoms with E-state index < -0.39 is 9.84 Å². The van der Waals surface area contributed by atoms with Crippen LogP contribution in [0.1, 0.15) is 10.4 Å². The van der Waals surface area contributed by atoms with Crippen LogP contribution < -0.4 is 4.90 Å². The van der Waals surface area contributed by atoms with Gasteiger partial charge in [0, 0.05) is 42.9 Å². The second-order valence-corrected chi connectivity index (χ2v) is 11.4. The van der Waals surface area contributed by atoms with Gasteiger partial charge in [-0.3, -0.25) is 14.6 Å². The van der Waals surface area contributed by atoms with Gasteiger partial charge in [0.15, 0.2) is 15.0 Å². The monoisotopic (exact) mass is 491 g/mol. The Morgan fingerprint density at radius 2 is 1.91 bits per heavy atom. The van der Waals surface area contributed by atoms with E-state index in [2.05, 4.69) is 4.90 Å². The molecule has 1 saturated heterocycles. The van der Waals surface area contributed by atoms with Crippen LogP contribution in [0.2, 0.25) is 0 Å². The summed E-state index contributed by atoms with van der Waals surface area (Å²) in [7, 11) is -3.32. The van der Waals surface area contributed by atoms with Crippen molar-refractivity contribution in [2.45, 2.75) is 9.79 Å². The van der Waals surface area contributed by atoms with Crippen LogP contribution >= 0.6 is 23.1 Å². The van der Waals surface area contributed by atoms with E-state index in [0.29, 0.717) is 37.0 Å². The summed E-state index contributed by atoms with van der Waals surface area (Å²) >= 11 is 3.12. The minimum atomic E-state index is -3.32. The lowest BCUT2D eigenvalue weighted by molar-refractivity contribution is 0.0391. The molecule has 0 atom stereocenters. The van der Waals surface area contributed by atoms with Crippen LogP contribution in [0.5, 0.6) is 0 Å². The highest BCUT2D eigenvalue weighted by Crippen LogP contribution is 2.34. The number of morpholine rings is 1. The average Bonchev–Trinajstić information content (AvgIpc) is 3.23. The third kappa shape index (κ3) is 5.15. The van der Waals surface area contributed by atoms with Gasteiger partial charge in [0.25, 0.3) is 5.91 Å². The smallest absolute Gasteiger partial charge is 0.260 e. The zero-order valence-electron chi connectivity index (χ0n) is 18.0.